The Morgan fingerprint density at radius 3 is 2.48 bits per heavy atom. The van der Waals surface area contributed by atoms with Crippen LogP contribution in [0.25, 0.3) is 0 Å². The van der Waals surface area contributed by atoms with Crippen LogP contribution in [0.1, 0.15) is 42.4 Å². The molecule has 0 aromatic heterocycles. The van der Waals surface area contributed by atoms with E-state index in [1.165, 1.54) is 16.7 Å². The van der Waals surface area contributed by atoms with Crippen LogP contribution in [0, 0.1) is 13.8 Å². The monoisotopic (exact) mass is 452 g/mol. The van der Waals surface area contributed by atoms with Crippen molar-refractivity contribution in [1.29, 1.82) is 0 Å². The molecule has 178 valence electrons. The van der Waals surface area contributed by atoms with E-state index in [4.69, 9.17) is 9.47 Å². The van der Waals surface area contributed by atoms with Crippen molar-refractivity contribution in [2.45, 2.75) is 51.7 Å². The Morgan fingerprint density at radius 2 is 1.76 bits per heavy atom. The summed E-state index contributed by atoms with van der Waals surface area (Å²) in [5.41, 5.74) is 2.79. The number of carbonyl (C=O) groups is 1. The second kappa shape index (κ2) is 10.6. The van der Waals surface area contributed by atoms with Gasteiger partial charge in [-0.15, -0.1) is 0 Å². The van der Waals surface area contributed by atoms with E-state index in [-0.39, 0.29) is 5.91 Å². The minimum atomic E-state index is -0.840. The van der Waals surface area contributed by atoms with Crippen molar-refractivity contribution >= 4 is 5.91 Å². The summed E-state index contributed by atoms with van der Waals surface area (Å²) < 4.78 is 11.8. The Bertz CT molecular complexity index is 946. The molecular formula is C27H36N2O4. The fourth-order valence-electron chi connectivity index (χ4n) is 4.64. The summed E-state index contributed by atoms with van der Waals surface area (Å²) >= 11 is 0. The van der Waals surface area contributed by atoms with E-state index in [1.54, 1.807) is 0 Å². The van der Waals surface area contributed by atoms with Crippen LogP contribution in [0.4, 0.5) is 0 Å². The topological polar surface area (TPSA) is 62.2 Å². The van der Waals surface area contributed by atoms with Gasteiger partial charge in [-0.1, -0.05) is 18.2 Å². The lowest BCUT2D eigenvalue weighted by atomic mass is 9.93. The highest BCUT2D eigenvalue weighted by molar-refractivity contribution is 5.78. The summed E-state index contributed by atoms with van der Waals surface area (Å²) in [6.07, 6.45) is 3.32. The van der Waals surface area contributed by atoms with E-state index < -0.39 is 5.60 Å². The molecule has 2 aromatic rings. The van der Waals surface area contributed by atoms with Crippen LogP contribution >= 0.6 is 0 Å². The van der Waals surface area contributed by atoms with Gasteiger partial charge in [-0.05, 0) is 80.6 Å². The van der Waals surface area contributed by atoms with Crippen molar-refractivity contribution in [2.24, 2.45) is 0 Å². The number of hydrogen-bond acceptors (Lipinski definition) is 5. The van der Waals surface area contributed by atoms with E-state index in [0.29, 0.717) is 32.7 Å². The van der Waals surface area contributed by atoms with Crippen LogP contribution in [0.2, 0.25) is 0 Å². The SMILES string of the molecule is Cc1ccc(OCC2(O)CCCN(Cc3ccc(OCCN4CCCC4=O)cc3)C2)cc1C. The van der Waals surface area contributed by atoms with Crippen molar-refractivity contribution in [1.82, 2.24) is 9.80 Å². The lowest BCUT2D eigenvalue weighted by molar-refractivity contribution is -0.128. The second-order valence-corrected chi connectivity index (χ2v) is 9.55. The van der Waals surface area contributed by atoms with Crippen molar-refractivity contribution in [2.75, 3.05) is 39.4 Å². The minimum Gasteiger partial charge on any atom is -0.492 e. The largest absolute Gasteiger partial charge is 0.492 e. The van der Waals surface area contributed by atoms with Gasteiger partial charge in [0.1, 0.15) is 30.3 Å². The number of ether oxygens (including phenoxy) is 2. The van der Waals surface area contributed by atoms with Gasteiger partial charge < -0.3 is 19.5 Å². The molecule has 2 aliphatic rings. The van der Waals surface area contributed by atoms with Crippen molar-refractivity contribution in [3.63, 3.8) is 0 Å². The Morgan fingerprint density at radius 1 is 0.970 bits per heavy atom. The summed E-state index contributed by atoms with van der Waals surface area (Å²) in [7, 11) is 0. The molecule has 6 heteroatoms. The number of β-amino-alcohol motifs (C(OH)–C–C–N with tert-alkyl or cyclic N) is 1. The number of carbonyl (C=O) groups excluding carboxylic acids is 1. The second-order valence-electron chi connectivity index (χ2n) is 9.55. The third-order valence-electron chi connectivity index (χ3n) is 6.75. The molecule has 33 heavy (non-hydrogen) atoms. The molecule has 1 unspecified atom stereocenters. The lowest BCUT2D eigenvalue weighted by Gasteiger charge is -2.39. The van der Waals surface area contributed by atoms with E-state index >= 15 is 0 Å². The smallest absolute Gasteiger partial charge is 0.222 e. The maximum atomic E-state index is 11.7. The van der Waals surface area contributed by atoms with Gasteiger partial charge in [0, 0.05) is 26.1 Å². The first-order valence-corrected chi connectivity index (χ1v) is 12.0. The Hall–Kier alpha value is -2.57. The van der Waals surface area contributed by atoms with Gasteiger partial charge in [0.15, 0.2) is 0 Å². The molecule has 2 aromatic carbocycles. The zero-order valence-electron chi connectivity index (χ0n) is 19.9. The van der Waals surface area contributed by atoms with Crippen LogP contribution in [0.15, 0.2) is 42.5 Å². The van der Waals surface area contributed by atoms with Gasteiger partial charge in [0.25, 0.3) is 0 Å². The van der Waals surface area contributed by atoms with Crippen molar-refractivity contribution < 1.29 is 19.4 Å². The predicted molar refractivity (Wildman–Crippen MR) is 129 cm³/mol. The standard InChI is InChI=1S/C27H36N2O4/c1-21-6-9-25(17-22(21)2)33-20-27(31)12-4-13-28(19-27)18-23-7-10-24(11-8-23)32-16-15-29-14-3-5-26(29)30/h6-11,17,31H,3-5,12-16,18-20H2,1-2H3. The van der Waals surface area contributed by atoms with Gasteiger partial charge in [0.05, 0.1) is 6.54 Å². The predicted octanol–water partition coefficient (Wildman–Crippen LogP) is 3.71. The highest BCUT2D eigenvalue weighted by atomic mass is 16.5. The molecule has 2 saturated heterocycles. The molecule has 0 spiro atoms. The highest BCUT2D eigenvalue weighted by Crippen LogP contribution is 2.25. The summed E-state index contributed by atoms with van der Waals surface area (Å²) in [5, 5.41) is 11.1. The van der Waals surface area contributed by atoms with Crippen LogP contribution in [0.3, 0.4) is 0 Å². The van der Waals surface area contributed by atoms with Gasteiger partial charge in [0.2, 0.25) is 5.91 Å². The Labute approximate surface area is 197 Å². The lowest BCUT2D eigenvalue weighted by Crippen LogP contribution is -2.51. The number of amides is 1. The number of aryl methyl sites for hydroxylation is 2. The van der Waals surface area contributed by atoms with E-state index in [2.05, 4.69) is 36.9 Å². The van der Waals surface area contributed by atoms with E-state index in [1.807, 2.05) is 29.2 Å². The van der Waals surface area contributed by atoms with Gasteiger partial charge in [-0.25, -0.2) is 0 Å². The number of piperidine rings is 1. The molecule has 0 radical (unpaired) electrons. The molecule has 0 aliphatic carbocycles. The normalized spacial score (nSPS) is 21.4. The first-order chi connectivity index (χ1) is 15.9. The van der Waals surface area contributed by atoms with Gasteiger partial charge >= 0.3 is 0 Å². The van der Waals surface area contributed by atoms with Crippen molar-refractivity contribution in [3.8, 4) is 11.5 Å². The van der Waals surface area contributed by atoms with E-state index in [0.717, 1.165) is 50.4 Å². The third-order valence-corrected chi connectivity index (χ3v) is 6.75. The molecule has 1 atom stereocenters. The fraction of sp³-hybridized carbons (Fsp3) is 0.519. The molecule has 4 rings (SSSR count). The molecular weight excluding hydrogens is 416 g/mol. The fourth-order valence-corrected chi connectivity index (χ4v) is 4.64. The molecule has 2 aliphatic heterocycles. The van der Waals surface area contributed by atoms with Gasteiger partial charge in [-0.2, -0.15) is 0 Å². The van der Waals surface area contributed by atoms with E-state index in [9.17, 15) is 9.90 Å². The molecule has 1 amide bonds. The zero-order valence-corrected chi connectivity index (χ0v) is 19.9. The molecule has 6 nitrogen and oxygen atoms in total. The number of benzene rings is 2. The molecule has 2 fully saturated rings. The number of hydrogen-bond donors (Lipinski definition) is 1. The first kappa shape index (κ1) is 23.6. The third kappa shape index (κ3) is 6.49. The quantitative estimate of drug-likeness (QED) is 0.629. The van der Waals surface area contributed by atoms with Crippen LogP contribution < -0.4 is 9.47 Å². The first-order valence-electron chi connectivity index (χ1n) is 12.0. The number of rotatable bonds is 9. The molecule has 0 saturated carbocycles. The summed E-state index contributed by atoms with van der Waals surface area (Å²) in [6, 6.07) is 14.2. The Kier molecular flexibility index (Phi) is 7.56. The molecule has 1 N–H and O–H groups in total. The van der Waals surface area contributed by atoms with Crippen LogP contribution in [-0.4, -0.2) is 65.8 Å². The highest BCUT2D eigenvalue weighted by Gasteiger charge is 2.34. The molecule has 2 heterocycles. The summed E-state index contributed by atoms with van der Waals surface area (Å²) in [4.78, 5) is 15.8. The summed E-state index contributed by atoms with van der Waals surface area (Å²) in [5.74, 6) is 1.87. The number of likely N-dealkylation sites (tertiary alicyclic amines) is 2. The minimum absolute atomic E-state index is 0.231. The van der Waals surface area contributed by atoms with Crippen molar-refractivity contribution in [3.05, 3.63) is 59.2 Å². The average molecular weight is 453 g/mol. The number of aliphatic hydroxyl groups is 1. The maximum Gasteiger partial charge on any atom is 0.222 e. The molecule has 0 bridgehead atoms. The van der Waals surface area contributed by atoms with Crippen LogP contribution in [-0.2, 0) is 11.3 Å². The number of nitrogens with zero attached hydrogens (tertiary/aromatic N) is 2. The van der Waals surface area contributed by atoms with Gasteiger partial charge in [-0.3, -0.25) is 9.69 Å². The average Bonchev–Trinajstić information content (AvgIpc) is 3.21. The maximum absolute atomic E-state index is 11.7. The Balaban J connectivity index is 1.24. The summed E-state index contributed by atoms with van der Waals surface area (Å²) in [6.45, 7) is 8.83. The zero-order chi connectivity index (χ0) is 23.3. The van der Waals surface area contributed by atoms with Crippen LogP contribution in [0.5, 0.6) is 11.5 Å².